The first-order valence-corrected chi connectivity index (χ1v) is 7.77. The largest absolute Gasteiger partial charge is 0.494 e. The third kappa shape index (κ3) is 4.04. The number of nitrogens with one attached hydrogen (secondary N) is 1. The molecule has 2 rings (SSSR count). The van der Waals surface area contributed by atoms with E-state index in [0.29, 0.717) is 29.4 Å². The fourth-order valence-corrected chi connectivity index (χ4v) is 2.80. The van der Waals surface area contributed by atoms with Crippen molar-refractivity contribution in [3.8, 4) is 17.2 Å². The molecule has 0 aromatic heterocycles. The lowest BCUT2D eigenvalue weighted by Gasteiger charge is -2.11. The number of rotatable bonds is 6. The fourth-order valence-electron chi connectivity index (χ4n) is 2.16. The molecule has 0 saturated heterocycles. The quantitative estimate of drug-likeness (QED) is 0.837. The van der Waals surface area contributed by atoms with E-state index >= 15 is 0 Å². The summed E-state index contributed by atoms with van der Waals surface area (Å²) in [7, 11) is 4.59. The van der Waals surface area contributed by atoms with Crippen LogP contribution in [0.4, 0.5) is 0 Å². The molecule has 0 unspecified atom stereocenters. The summed E-state index contributed by atoms with van der Waals surface area (Å²) >= 11 is 12.1. The lowest BCUT2D eigenvalue weighted by Crippen LogP contribution is -2.22. The zero-order chi connectivity index (χ0) is 17.7. The second kappa shape index (κ2) is 8.13. The number of ether oxygens (including phenoxy) is 3. The summed E-state index contributed by atoms with van der Waals surface area (Å²) in [5.41, 5.74) is 1.22. The molecule has 24 heavy (non-hydrogen) atoms. The third-order valence-electron chi connectivity index (χ3n) is 3.37. The van der Waals surface area contributed by atoms with Gasteiger partial charge in [-0.1, -0.05) is 29.3 Å². The summed E-state index contributed by atoms with van der Waals surface area (Å²) in [6.45, 7) is 0.320. The maximum atomic E-state index is 12.3. The van der Waals surface area contributed by atoms with E-state index in [9.17, 15) is 4.79 Å². The Morgan fingerprint density at radius 1 is 0.958 bits per heavy atom. The zero-order valence-electron chi connectivity index (χ0n) is 13.5. The Kier molecular flexibility index (Phi) is 6.17. The molecule has 7 heteroatoms. The molecular weight excluding hydrogens is 353 g/mol. The molecular formula is C17H17Cl2NO4. The molecule has 2 aromatic rings. The topological polar surface area (TPSA) is 56.8 Å². The van der Waals surface area contributed by atoms with Crippen LogP contribution in [-0.4, -0.2) is 27.2 Å². The number of benzene rings is 2. The van der Waals surface area contributed by atoms with Gasteiger partial charge in [0.15, 0.2) is 17.2 Å². The minimum atomic E-state index is -0.295. The van der Waals surface area contributed by atoms with Crippen molar-refractivity contribution >= 4 is 29.1 Å². The predicted molar refractivity (Wildman–Crippen MR) is 93.7 cm³/mol. The Morgan fingerprint density at radius 2 is 1.58 bits per heavy atom. The molecule has 5 nitrogen and oxygen atoms in total. The van der Waals surface area contributed by atoms with Gasteiger partial charge in [0.05, 0.1) is 31.4 Å². The molecule has 1 amide bonds. The Balaban J connectivity index is 2.11. The van der Waals surface area contributed by atoms with Crippen molar-refractivity contribution in [1.82, 2.24) is 5.32 Å². The SMILES string of the molecule is COc1ccc(CNC(=O)c2cc(Cl)c(OC)c(Cl)c2)cc1OC. The van der Waals surface area contributed by atoms with Crippen LogP contribution in [0.15, 0.2) is 30.3 Å². The predicted octanol–water partition coefficient (Wildman–Crippen LogP) is 3.95. The normalized spacial score (nSPS) is 10.2. The summed E-state index contributed by atoms with van der Waals surface area (Å²) in [5, 5.41) is 3.36. The van der Waals surface area contributed by atoms with Crippen molar-refractivity contribution in [3.05, 3.63) is 51.5 Å². The van der Waals surface area contributed by atoms with E-state index in [1.165, 1.54) is 19.2 Å². The molecule has 128 valence electrons. The molecule has 0 spiro atoms. The van der Waals surface area contributed by atoms with Gasteiger partial charge in [-0.05, 0) is 29.8 Å². The van der Waals surface area contributed by atoms with Crippen LogP contribution in [0.2, 0.25) is 10.0 Å². The molecule has 0 aliphatic rings. The summed E-state index contributed by atoms with van der Waals surface area (Å²) in [6, 6.07) is 8.44. The summed E-state index contributed by atoms with van der Waals surface area (Å²) in [5.74, 6) is 1.27. The molecule has 0 radical (unpaired) electrons. The second-order valence-corrected chi connectivity index (χ2v) is 5.66. The van der Waals surface area contributed by atoms with Crippen LogP contribution in [0.1, 0.15) is 15.9 Å². The molecule has 2 aromatic carbocycles. The van der Waals surface area contributed by atoms with Crippen molar-refractivity contribution in [2.75, 3.05) is 21.3 Å². The molecule has 1 N–H and O–H groups in total. The monoisotopic (exact) mass is 369 g/mol. The molecule has 0 aliphatic carbocycles. The lowest BCUT2D eigenvalue weighted by atomic mass is 10.1. The number of hydrogen-bond donors (Lipinski definition) is 1. The van der Waals surface area contributed by atoms with Crippen molar-refractivity contribution < 1.29 is 19.0 Å². The van der Waals surface area contributed by atoms with Gasteiger partial charge in [-0.2, -0.15) is 0 Å². The molecule has 0 heterocycles. The highest BCUT2D eigenvalue weighted by Crippen LogP contribution is 2.33. The smallest absolute Gasteiger partial charge is 0.251 e. The zero-order valence-corrected chi connectivity index (χ0v) is 15.0. The van der Waals surface area contributed by atoms with E-state index in [0.717, 1.165) is 5.56 Å². The van der Waals surface area contributed by atoms with E-state index in [1.807, 2.05) is 6.07 Å². The Bertz CT molecular complexity index is 726. The Morgan fingerprint density at radius 3 is 2.12 bits per heavy atom. The number of carbonyl (C=O) groups is 1. The molecule has 0 fully saturated rings. The number of methoxy groups -OCH3 is 3. The maximum Gasteiger partial charge on any atom is 0.251 e. The number of amides is 1. The minimum Gasteiger partial charge on any atom is -0.494 e. The first-order valence-electron chi connectivity index (χ1n) is 7.02. The van der Waals surface area contributed by atoms with E-state index < -0.39 is 0 Å². The van der Waals surface area contributed by atoms with Crippen LogP contribution in [0, 0.1) is 0 Å². The highest BCUT2D eigenvalue weighted by atomic mass is 35.5. The van der Waals surface area contributed by atoms with Crippen molar-refractivity contribution in [1.29, 1.82) is 0 Å². The third-order valence-corrected chi connectivity index (χ3v) is 3.93. The first kappa shape index (κ1) is 18.2. The van der Waals surface area contributed by atoms with Gasteiger partial charge in [-0.25, -0.2) is 0 Å². The van der Waals surface area contributed by atoms with Gasteiger partial charge in [0, 0.05) is 12.1 Å². The highest BCUT2D eigenvalue weighted by Gasteiger charge is 2.13. The van der Waals surface area contributed by atoms with Crippen LogP contribution in [0.3, 0.4) is 0 Å². The summed E-state index contributed by atoms with van der Waals surface area (Å²) in [6.07, 6.45) is 0. The van der Waals surface area contributed by atoms with Crippen LogP contribution in [0.5, 0.6) is 17.2 Å². The van der Waals surface area contributed by atoms with Crippen molar-refractivity contribution in [3.63, 3.8) is 0 Å². The summed E-state index contributed by atoms with van der Waals surface area (Å²) < 4.78 is 15.5. The van der Waals surface area contributed by atoms with Crippen molar-refractivity contribution in [2.24, 2.45) is 0 Å². The van der Waals surface area contributed by atoms with Gasteiger partial charge in [0.1, 0.15) is 0 Å². The molecule has 0 bridgehead atoms. The van der Waals surface area contributed by atoms with E-state index in [2.05, 4.69) is 5.32 Å². The number of carbonyl (C=O) groups excluding carboxylic acids is 1. The van der Waals surface area contributed by atoms with E-state index in [4.69, 9.17) is 37.4 Å². The van der Waals surface area contributed by atoms with Crippen LogP contribution in [0.25, 0.3) is 0 Å². The van der Waals surface area contributed by atoms with E-state index in [-0.39, 0.29) is 16.0 Å². The van der Waals surface area contributed by atoms with Gasteiger partial charge in [-0.15, -0.1) is 0 Å². The standard InChI is InChI=1S/C17H17Cl2NO4/c1-22-14-5-4-10(6-15(14)23-2)9-20-17(21)11-7-12(18)16(24-3)13(19)8-11/h4-8H,9H2,1-3H3,(H,20,21). The van der Waals surface area contributed by atoms with Gasteiger partial charge in [0.2, 0.25) is 0 Å². The van der Waals surface area contributed by atoms with Crippen LogP contribution >= 0.6 is 23.2 Å². The van der Waals surface area contributed by atoms with Gasteiger partial charge < -0.3 is 19.5 Å². The van der Waals surface area contributed by atoms with Gasteiger partial charge in [0.25, 0.3) is 5.91 Å². The minimum absolute atomic E-state index is 0.279. The summed E-state index contributed by atoms with van der Waals surface area (Å²) in [4.78, 5) is 12.3. The lowest BCUT2D eigenvalue weighted by molar-refractivity contribution is 0.0951. The Hall–Kier alpha value is -2.11. The molecule has 0 aliphatic heterocycles. The van der Waals surface area contributed by atoms with E-state index in [1.54, 1.807) is 26.4 Å². The average Bonchev–Trinajstić information content (AvgIpc) is 2.58. The Labute approximate surface area is 150 Å². The fraction of sp³-hybridized carbons (Fsp3) is 0.235. The highest BCUT2D eigenvalue weighted by molar-refractivity contribution is 6.37. The van der Waals surface area contributed by atoms with Crippen LogP contribution in [-0.2, 0) is 6.54 Å². The van der Waals surface area contributed by atoms with Gasteiger partial charge >= 0.3 is 0 Å². The van der Waals surface area contributed by atoms with Crippen molar-refractivity contribution in [2.45, 2.75) is 6.54 Å². The number of halogens is 2. The first-order chi connectivity index (χ1) is 11.5. The molecule has 0 saturated carbocycles. The van der Waals surface area contributed by atoms with Gasteiger partial charge in [-0.3, -0.25) is 4.79 Å². The molecule has 0 atom stereocenters. The maximum absolute atomic E-state index is 12.3. The van der Waals surface area contributed by atoms with Crippen LogP contribution < -0.4 is 19.5 Å². The average molecular weight is 370 g/mol. The second-order valence-electron chi connectivity index (χ2n) is 4.85. The number of hydrogen-bond acceptors (Lipinski definition) is 4.